The molecule has 5 rings (SSSR count). The Kier molecular flexibility index (Phi) is 5.22. The summed E-state index contributed by atoms with van der Waals surface area (Å²) in [4.78, 5) is 6.13. The molecule has 2 aliphatic heterocycles. The standard InChI is InChI=1S/C22H21F2N5O3/c1-31-20-15(3-2-4-16(20)23)18-7-19-21(28-27-18)25-9-13-6-14(10-29(13)19)32-22-17(24)5-12(11-30)8-26-22/h2-5,7-8,13-14,30H,6,9-11H2,1H3,(H,25,28)/t13?,14-/m1/s1. The highest BCUT2D eigenvalue weighted by atomic mass is 19.1. The van der Waals surface area contributed by atoms with E-state index in [1.165, 1.54) is 25.4 Å². The minimum Gasteiger partial charge on any atom is -0.493 e. The van der Waals surface area contributed by atoms with E-state index in [1.54, 1.807) is 12.1 Å². The molecular weight excluding hydrogens is 420 g/mol. The number of ether oxygens (including phenoxy) is 2. The van der Waals surface area contributed by atoms with Gasteiger partial charge in [0.05, 0.1) is 37.7 Å². The molecule has 0 amide bonds. The molecule has 8 nitrogen and oxygen atoms in total. The van der Waals surface area contributed by atoms with E-state index >= 15 is 0 Å². The van der Waals surface area contributed by atoms with Crippen molar-refractivity contribution in [2.75, 3.05) is 30.4 Å². The lowest BCUT2D eigenvalue weighted by Crippen LogP contribution is -2.40. The number of rotatable bonds is 5. The molecule has 3 aromatic rings. The molecule has 1 saturated heterocycles. The number of nitrogens with one attached hydrogen (secondary N) is 1. The normalized spacial score (nSPS) is 19.2. The van der Waals surface area contributed by atoms with E-state index in [-0.39, 0.29) is 30.4 Å². The average Bonchev–Trinajstić information content (AvgIpc) is 3.23. The fraction of sp³-hybridized carbons (Fsp3) is 0.318. The highest BCUT2D eigenvalue weighted by molar-refractivity contribution is 5.77. The van der Waals surface area contributed by atoms with Crippen molar-refractivity contribution in [3.63, 3.8) is 0 Å². The van der Waals surface area contributed by atoms with Gasteiger partial charge < -0.3 is 24.8 Å². The second-order valence-corrected chi connectivity index (χ2v) is 7.74. The van der Waals surface area contributed by atoms with Gasteiger partial charge in [-0.15, -0.1) is 10.2 Å². The van der Waals surface area contributed by atoms with E-state index in [9.17, 15) is 8.78 Å². The van der Waals surface area contributed by atoms with Gasteiger partial charge in [-0.2, -0.15) is 0 Å². The summed E-state index contributed by atoms with van der Waals surface area (Å²) in [6.07, 6.45) is 1.78. The summed E-state index contributed by atoms with van der Waals surface area (Å²) in [5.74, 6) is -0.434. The largest absolute Gasteiger partial charge is 0.493 e. The van der Waals surface area contributed by atoms with Crippen molar-refractivity contribution >= 4 is 11.5 Å². The molecule has 166 valence electrons. The summed E-state index contributed by atoms with van der Waals surface area (Å²) in [6, 6.07) is 7.82. The fourth-order valence-electron chi connectivity index (χ4n) is 4.23. The van der Waals surface area contributed by atoms with Crippen molar-refractivity contribution < 1.29 is 23.4 Å². The predicted molar refractivity (Wildman–Crippen MR) is 113 cm³/mol. The highest BCUT2D eigenvalue weighted by Crippen LogP contribution is 2.39. The lowest BCUT2D eigenvalue weighted by Gasteiger charge is -2.33. The van der Waals surface area contributed by atoms with Crippen LogP contribution >= 0.6 is 0 Å². The quantitative estimate of drug-likeness (QED) is 0.625. The zero-order valence-corrected chi connectivity index (χ0v) is 17.3. The monoisotopic (exact) mass is 441 g/mol. The number of aromatic nitrogens is 3. The lowest BCUT2D eigenvalue weighted by molar-refractivity contribution is 0.201. The number of aliphatic hydroxyl groups excluding tert-OH is 1. The molecule has 0 radical (unpaired) electrons. The van der Waals surface area contributed by atoms with E-state index in [2.05, 4.69) is 25.4 Å². The molecule has 1 fully saturated rings. The minimum absolute atomic E-state index is 0.0849. The van der Waals surface area contributed by atoms with Crippen molar-refractivity contribution in [2.24, 2.45) is 0 Å². The van der Waals surface area contributed by atoms with Gasteiger partial charge in [-0.25, -0.2) is 13.8 Å². The molecule has 1 aromatic carbocycles. The van der Waals surface area contributed by atoms with Crippen LogP contribution < -0.4 is 19.7 Å². The van der Waals surface area contributed by atoms with Crippen LogP contribution in [-0.2, 0) is 6.61 Å². The first kappa shape index (κ1) is 20.4. The fourth-order valence-corrected chi connectivity index (χ4v) is 4.23. The Morgan fingerprint density at radius 1 is 1.22 bits per heavy atom. The van der Waals surface area contributed by atoms with Crippen LogP contribution in [0, 0.1) is 11.6 Å². The van der Waals surface area contributed by atoms with Gasteiger partial charge in [-0.3, -0.25) is 0 Å². The number of nitrogens with zero attached hydrogens (tertiary/aromatic N) is 4. The topological polar surface area (TPSA) is 92.6 Å². The number of para-hydroxylation sites is 1. The Morgan fingerprint density at radius 2 is 2.09 bits per heavy atom. The van der Waals surface area contributed by atoms with Crippen LogP contribution in [0.15, 0.2) is 36.5 Å². The Balaban J connectivity index is 1.41. The second-order valence-electron chi connectivity index (χ2n) is 7.74. The van der Waals surface area contributed by atoms with Gasteiger partial charge in [0, 0.05) is 24.7 Å². The summed E-state index contributed by atoms with van der Waals surface area (Å²) in [5, 5.41) is 20.9. The van der Waals surface area contributed by atoms with Crippen molar-refractivity contribution in [2.45, 2.75) is 25.2 Å². The van der Waals surface area contributed by atoms with Crippen molar-refractivity contribution in [1.82, 2.24) is 15.2 Å². The molecule has 2 atom stereocenters. The highest BCUT2D eigenvalue weighted by Gasteiger charge is 2.38. The number of anilines is 2. The number of halogens is 2. The molecule has 32 heavy (non-hydrogen) atoms. The number of aliphatic hydroxyl groups is 1. The minimum atomic E-state index is -0.605. The maximum absolute atomic E-state index is 14.3. The van der Waals surface area contributed by atoms with E-state index in [0.717, 1.165) is 5.69 Å². The first-order chi connectivity index (χ1) is 15.6. The maximum atomic E-state index is 14.3. The number of methoxy groups -OCH3 is 1. The SMILES string of the molecule is COc1c(F)cccc1-c1cc2c(nn1)NCC1C[C@@H](Oc3ncc(CO)cc3F)CN21. The summed E-state index contributed by atoms with van der Waals surface area (Å²) in [6.45, 7) is 0.864. The van der Waals surface area contributed by atoms with Gasteiger partial charge in [0.15, 0.2) is 23.2 Å². The van der Waals surface area contributed by atoms with Gasteiger partial charge in [-0.1, -0.05) is 6.07 Å². The molecule has 1 unspecified atom stereocenters. The molecule has 0 saturated carbocycles. The van der Waals surface area contributed by atoms with Crippen LogP contribution in [0.2, 0.25) is 0 Å². The second kappa shape index (κ2) is 8.19. The molecule has 0 aliphatic carbocycles. The molecule has 2 aliphatic rings. The van der Waals surface area contributed by atoms with Crippen LogP contribution in [0.4, 0.5) is 20.3 Å². The van der Waals surface area contributed by atoms with Crippen molar-refractivity contribution in [1.29, 1.82) is 0 Å². The van der Waals surface area contributed by atoms with Crippen LogP contribution in [0.1, 0.15) is 12.0 Å². The van der Waals surface area contributed by atoms with E-state index < -0.39 is 11.6 Å². The summed E-state index contributed by atoms with van der Waals surface area (Å²) in [7, 11) is 1.41. The van der Waals surface area contributed by atoms with Crippen LogP contribution in [0.5, 0.6) is 11.6 Å². The van der Waals surface area contributed by atoms with Gasteiger partial charge in [-0.05, 0) is 29.8 Å². The van der Waals surface area contributed by atoms with Gasteiger partial charge in [0.2, 0.25) is 0 Å². The molecular formula is C22H21F2N5O3. The van der Waals surface area contributed by atoms with Crippen LogP contribution in [0.25, 0.3) is 11.3 Å². The number of pyridine rings is 1. The molecule has 0 spiro atoms. The third kappa shape index (κ3) is 3.56. The van der Waals surface area contributed by atoms with E-state index in [4.69, 9.17) is 14.6 Å². The maximum Gasteiger partial charge on any atom is 0.250 e. The Hall–Kier alpha value is -3.53. The van der Waals surface area contributed by atoms with Gasteiger partial charge >= 0.3 is 0 Å². The number of fused-ring (bicyclic) bond motifs is 3. The Labute approximate surface area is 182 Å². The predicted octanol–water partition coefficient (Wildman–Crippen LogP) is 2.77. The number of hydrogen-bond donors (Lipinski definition) is 2. The molecule has 2 N–H and O–H groups in total. The summed E-state index contributed by atoms with van der Waals surface area (Å²) >= 11 is 0. The Bertz CT molecular complexity index is 1160. The molecule has 10 heteroatoms. The third-order valence-electron chi connectivity index (χ3n) is 5.74. The summed E-state index contributed by atoms with van der Waals surface area (Å²) in [5.41, 5.74) is 2.19. The first-order valence-electron chi connectivity index (χ1n) is 10.2. The summed E-state index contributed by atoms with van der Waals surface area (Å²) < 4.78 is 39.5. The third-order valence-corrected chi connectivity index (χ3v) is 5.74. The van der Waals surface area contributed by atoms with Gasteiger partial charge in [0.25, 0.3) is 5.88 Å². The molecule has 0 bridgehead atoms. The lowest BCUT2D eigenvalue weighted by atomic mass is 10.1. The Morgan fingerprint density at radius 3 is 2.88 bits per heavy atom. The van der Waals surface area contributed by atoms with Crippen LogP contribution in [-0.4, -0.2) is 52.6 Å². The molecule has 4 heterocycles. The zero-order valence-electron chi connectivity index (χ0n) is 17.3. The van der Waals surface area contributed by atoms with E-state index in [0.29, 0.717) is 42.1 Å². The average molecular weight is 441 g/mol. The number of hydrogen-bond acceptors (Lipinski definition) is 8. The van der Waals surface area contributed by atoms with Gasteiger partial charge in [0.1, 0.15) is 6.10 Å². The smallest absolute Gasteiger partial charge is 0.250 e. The van der Waals surface area contributed by atoms with E-state index in [1.807, 2.05) is 6.07 Å². The zero-order chi connectivity index (χ0) is 22.2. The first-order valence-corrected chi connectivity index (χ1v) is 10.2. The van der Waals surface area contributed by atoms with Crippen molar-refractivity contribution in [3.8, 4) is 22.9 Å². The number of benzene rings is 1. The van der Waals surface area contributed by atoms with Crippen molar-refractivity contribution in [3.05, 3.63) is 53.7 Å². The van der Waals surface area contributed by atoms with Crippen LogP contribution in [0.3, 0.4) is 0 Å². The molecule has 2 aromatic heterocycles.